The first-order chi connectivity index (χ1) is 29.5. The van der Waals surface area contributed by atoms with Crippen LogP contribution in [-0.2, 0) is 14.3 Å². The lowest BCUT2D eigenvalue weighted by atomic mass is 10.0. The maximum Gasteiger partial charge on any atom is 0.306 e. The molecule has 3 N–H and O–H groups in total. The van der Waals surface area contributed by atoms with Crippen LogP contribution in [0.3, 0.4) is 0 Å². The number of hydrogen-bond acceptors (Lipinski definition) is 5. The van der Waals surface area contributed by atoms with E-state index < -0.39 is 18.2 Å². The van der Waals surface area contributed by atoms with Crippen molar-refractivity contribution in [2.45, 2.75) is 200 Å². The van der Waals surface area contributed by atoms with Gasteiger partial charge >= 0.3 is 5.97 Å². The lowest BCUT2D eigenvalue weighted by Gasteiger charge is -2.24. The zero-order valence-electron chi connectivity index (χ0n) is 38.3. The van der Waals surface area contributed by atoms with Gasteiger partial charge in [0.05, 0.1) is 25.2 Å². The van der Waals surface area contributed by atoms with Crippen molar-refractivity contribution in [1.82, 2.24) is 5.32 Å². The Kier molecular flexibility index (Phi) is 43.4. The summed E-state index contributed by atoms with van der Waals surface area (Å²) in [5.74, 6) is -0.633. The van der Waals surface area contributed by atoms with E-state index in [1.54, 1.807) is 0 Å². The Morgan fingerprint density at radius 1 is 0.517 bits per heavy atom. The van der Waals surface area contributed by atoms with Crippen LogP contribution in [0.15, 0.2) is 122 Å². The highest BCUT2D eigenvalue weighted by Crippen LogP contribution is 2.15. The molecule has 60 heavy (non-hydrogen) atoms. The van der Waals surface area contributed by atoms with Crippen molar-refractivity contribution < 1.29 is 24.5 Å². The molecule has 0 radical (unpaired) electrons. The average molecular weight is 830 g/mol. The molecule has 0 saturated heterocycles. The third-order valence-corrected chi connectivity index (χ3v) is 9.94. The largest absolute Gasteiger partial charge is 0.462 e. The van der Waals surface area contributed by atoms with E-state index in [-0.39, 0.29) is 31.3 Å². The van der Waals surface area contributed by atoms with Gasteiger partial charge in [-0.1, -0.05) is 213 Å². The van der Waals surface area contributed by atoms with Gasteiger partial charge in [0.2, 0.25) is 5.91 Å². The second-order valence-corrected chi connectivity index (χ2v) is 15.6. The van der Waals surface area contributed by atoms with E-state index in [4.69, 9.17) is 4.74 Å². The predicted octanol–water partition coefficient (Wildman–Crippen LogP) is 14.1. The van der Waals surface area contributed by atoms with Gasteiger partial charge in [-0.25, -0.2) is 0 Å². The molecule has 0 saturated carbocycles. The van der Waals surface area contributed by atoms with E-state index >= 15 is 0 Å². The summed E-state index contributed by atoms with van der Waals surface area (Å²) in [6, 6.07) is -0.744. The molecule has 0 bridgehead atoms. The number of rotatable bonds is 40. The molecule has 3 unspecified atom stereocenters. The number of unbranched alkanes of at least 4 members (excludes halogenated alkanes) is 13. The van der Waals surface area contributed by atoms with E-state index in [9.17, 15) is 19.8 Å². The lowest BCUT2D eigenvalue weighted by Crippen LogP contribution is -2.46. The minimum atomic E-state index is -0.823. The van der Waals surface area contributed by atoms with E-state index in [0.717, 1.165) is 64.2 Å². The standard InChI is InChI=1S/C54H87NO5/c1-4-7-10-13-16-19-21-23-25-26-28-30-32-35-38-41-44-47-54(59)60-50(45-42-39-36-34-31-29-27-24-22-20-17-14-11-8-5-2)48-53(58)55-51(49-56)52(57)46-43-40-37-33-18-15-12-9-6-3/h8,11,14,16-17,19-20,22-25,27-31,34-36,38,50-52,56-57H,4-7,9-10,12-13,15,18,21,26,32-33,37,39-49H2,1-3H3,(H,55,58)/b11-8-,17-14+,19-16-,22-20+,25-23-,27-24-,30-28-,31-29+,36-34+,38-35-. The SMILES string of the molecule is CC\C=C/C=C/C=C/C=C\C=C\C=C\CCCC(CC(=O)NC(CO)C(O)CCCCCCCCCCC)OC(=O)CCC/C=C\C/C=C\C/C=C\C/C=C\CCCCC. The van der Waals surface area contributed by atoms with Gasteiger partial charge in [-0.3, -0.25) is 9.59 Å². The molecule has 0 fully saturated rings. The Balaban J connectivity index is 4.87. The first kappa shape index (κ1) is 56.3. The van der Waals surface area contributed by atoms with E-state index in [2.05, 4.69) is 86.8 Å². The molecule has 6 heteroatoms. The number of carbonyl (C=O) groups is 2. The van der Waals surface area contributed by atoms with Crippen molar-refractivity contribution in [3.63, 3.8) is 0 Å². The Labute approximate surface area is 368 Å². The molecular weight excluding hydrogens is 743 g/mol. The summed E-state index contributed by atoms with van der Waals surface area (Å²) < 4.78 is 5.85. The van der Waals surface area contributed by atoms with Gasteiger partial charge in [-0.15, -0.1) is 0 Å². The number of aliphatic hydroxyl groups is 2. The van der Waals surface area contributed by atoms with Crippen molar-refractivity contribution >= 4 is 11.9 Å². The summed E-state index contributed by atoms with van der Waals surface area (Å²) in [6.07, 6.45) is 64.0. The number of hydrogen-bond donors (Lipinski definition) is 3. The molecule has 338 valence electrons. The van der Waals surface area contributed by atoms with Gasteiger partial charge in [0.15, 0.2) is 0 Å². The first-order valence-corrected chi connectivity index (χ1v) is 23.8. The van der Waals surface area contributed by atoms with Crippen molar-refractivity contribution in [3.8, 4) is 0 Å². The highest BCUT2D eigenvalue weighted by atomic mass is 16.5. The topological polar surface area (TPSA) is 95.9 Å². The second kappa shape index (κ2) is 46.3. The van der Waals surface area contributed by atoms with Crippen LogP contribution in [0.25, 0.3) is 0 Å². The summed E-state index contributed by atoms with van der Waals surface area (Å²) in [5.41, 5.74) is 0. The van der Waals surface area contributed by atoms with Crippen molar-refractivity contribution in [1.29, 1.82) is 0 Å². The first-order valence-electron chi connectivity index (χ1n) is 23.8. The predicted molar refractivity (Wildman–Crippen MR) is 259 cm³/mol. The Bertz CT molecular complexity index is 1300. The molecule has 0 rings (SSSR count). The highest BCUT2D eigenvalue weighted by molar-refractivity contribution is 5.77. The highest BCUT2D eigenvalue weighted by Gasteiger charge is 2.23. The molecule has 0 aromatic carbocycles. The number of carbonyl (C=O) groups excluding carboxylic acids is 2. The van der Waals surface area contributed by atoms with E-state index in [0.29, 0.717) is 19.3 Å². The van der Waals surface area contributed by atoms with Crippen LogP contribution in [0.5, 0.6) is 0 Å². The summed E-state index contributed by atoms with van der Waals surface area (Å²) in [6.45, 7) is 6.23. The Hall–Kier alpha value is -3.74. The molecule has 1 amide bonds. The van der Waals surface area contributed by atoms with E-state index in [1.165, 1.54) is 64.2 Å². The van der Waals surface area contributed by atoms with Crippen LogP contribution in [0.2, 0.25) is 0 Å². The number of allylic oxidation sites excluding steroid dienone is 20. The maximum absolute atomic E-state index is 13.1. The minimum absolute atomic E-state index is 0.00380. The summed E-state index contributed by atoms with van der Waals surface area (Å²) in [7, 11) is 0. The minimum Gasteiger partial charge on any atom is -0.462 e. The molecular formula is C54H87NO5. The van der Waals surface area contributed by atoms with Crippen molar-refractivity contribution in [2.24, 2.45) is 0 Å². The third kappa shape index (κ3) is 41.0. The van der Waals surface area contributed by atoms with Crippen LogP contribution < -0.4 is 5.32 Å². The average Bonchev–Trinajstić information content (AvgIpc) is 3.24. The van der Waals surface area contributed by atoms with Gasteiger partial charge < -0.3 is 20.3 Å². The fourth-order valence-corrected chi connectivity index (χ4v) is 6.34. The van der Waals surface area contributed by atoms with Crippen LogP contribution in [0, 0.1) is 0 Å². The van der Waals surface area contributed by atoms with Gasteiger partial charge in [-0.05, 0) is 77.0 Å². The van der Waals surface area contributed by atoms with E-state index in [1.807, 2.05) is 60.8 Å². The fourth-order valence-electron chi connectivity index (χ4n) is 6.34. The van der Waals surface area contributed by atoms with Crippen LogP contribution in [-0.4, -0.2) is 46.9 Å². The molecule has 0 heterocycles. The smallest absolute Gasteiger partial charge is 0.306 e. The Morgan fingerprint density at radius 3 is 1.53 bits per heavy atom. The van der Waals surface area contributed by atoms with Gasteiger partial charge in [0.1, 0.15) is 6.10 Å². The lowest BCUT2D eigenvalue weighted by molar-refractivity contribution is -0.151. The van der Waals surface area contributed by atoms with Gasteiger partial charge in [-0.2, -0.15) is 0 Å². The summed E-state index contributed by atoms with van der Waals surface area (Å²) in [4.78, 5) is 26.0. The Morgan fingerprint density at radius 2 is 0.983 bits per heavy atom. The van der Waals surface area contributed by atoms with Crippen molar-refractivity contribution in [3.05, 3.63) is 122 Å². The number of amides is 1. The van der Waals surface area contributed by atoms with Crippen molar-refractivity contribution in [2.75, 3.05) is 6.61 Å². The second-order valence-electron chi connectivity index (χ2n) is 15.6. The molecule has 0 spiro atoms. The van der Waals surface area contributed by atoms with Crippen LogP contribution in [0.1, 0.15) is 181 Å². The number of nitrogens with one attached hydrogen (secondary N) is 1. The fraction of sp³-hybridized carbons (Fsp3) is 0.593. The van der Waals surface area contributed by atoms with Gasteiger partial charge in [0.25, 0.3) is 0 Å². The number of esters is 1. The molecule has 0 aromatic rings. The quantitative estimate of drug-likeness (QED) is 0.0247. The third-order valence-electron chi connectivity index (χ3n) is 9.94. The van der Waals surface area contributed by atoms with Crippen LogP contribution in [0.4, 0.5) is 0 Å². The molecule has 6 nitrogen and oxygen atoms in total. The molecule has 0 aliphatic rings. The maximum atomic E-state index is 13.1. The zero-order valence-corrected chi connectivity index (χ0v) is 38.3. The zero-order chi connectivity index (χ0) is 43.8. The monoisotopic (exact) mass is 830 g/mol. The molecule has 3 atom stereocenters. The normalized spacial score (nSPS) is 14.4. The van der Waals surface area contributed by atoms with Crippen LogP contribution >= 0.6 is 0 Å². The molecule has 0 aliphatic carbocycles. The molecule has 0 aliphatic heterocycles. The van der Waals surface area contributed by atoms with Gasteiger partial charge in [0, 0.05) is 6.42 Å². The number of ether oxygens (including phenoxy) is 1. The summed E-state index contributed by atoms with van der Waals surface area (Å²) in [5, 5.41) is 23.6. The number of aliphatic hydroxyl groups excluding tert-OH is 2. The summed E-state index contributed by atoms with van der Waals surface area (Å²) >= 11 is 0. The molecule has 0 aromatic heterocycles.